The summed E-state index contributed by atoms with van der Waals surface area (Å²) in [5.74, 6) is 0.190. The van der Waals surface area contributed by atoms with Crippen LogP contribution in [0.2, 0.25) is 0 Å². The lowest BCUT2D eigenvalue weighted by Gasteiger charge is -2.22. The number of rotatable bonds is 8. The van der Waals surface area contributed by atoms with Gasteiger partial charge in [0.1, 0.15) is 18.9 Å². The van der Waals surface area contributed by atoms with Gasteiger partial charge in [0.2, 0.25) is 15.9 Å². The third kappa shape index (κ3) is 6.09. The molecular weight excluding hydrogens is 400 g/mol. The number of nitrogens with zero attached hydrogens (tertiary/aromatic N) is 1. The second kappa shape index (κ2) is 9.45. The molecule has 0 aliphatic heterocycles. The van der Waals surface area contributed by atoms with Crippen LogP contribution in [-0.2, 0) is 21.4 Å². The third-order valence-corrected chi connectivity index (χ3v) is 5.50. The highest BCUT2D eigenvalue weighted by Crippen LogP contribution is 2.22. The van der Waals surface area contributed by atoms with Crippen LogP contribution in [-0.4, -0.2) is 27.1 Å². The molecule has 1 N–H and O–H groups in total. The second-order valence-electron chi connectivity index (χ2n) is 6.96. The number of benzene rings is 3. The fraction of sp³-hybridized carbons (Fsp3) is 0.174. The molecule has 0 bridgehead atoms. The van der Waals surface area contributed by atoms with Crippen LogP contribution >= 0.6 is 0 Å². The average Bonchev–Trinajstić information content (AvgIpc) is 2.71. The van der Waals surface area contributed by atoms with E-state index >= 15 is 0 Å². The highest BCUT2D eigenvalue weighted by atomic mass is 32.2. The highest BCUT2D eigenvalue weighted by molar-refractivity contribution is 7.92. The number of nitrogens with one attached hydrogen (secondary N) is 1. The standard InChI is InChI=1S/C23H24N2O4S/c1-18-7-6-10-20(15-18)24-23(26)16-25(30(2,27)28)21-11-13-22(14-12-21)29-17-19-8-4-3-5-9-19/h3-15H,16-17H2,1-2H3,(H,24,26). The fourth-order valence-corrected chi connectivity index (χ4v) is 3.76. The first-order chi connectivity index (χ1) is 14.3. The number of amides is 1. The van der Waals surface area contributed by atoms with Crippen molar-refractivity contribution in [2.75, 3.05) is 22.4 Å². The maximum absolute atomic E-state index is 12.4. The lowest BCUT2D eigenvalue weighted by Crippen LogP contribution is -2.37. The molecule has 3 aromatic rings. The van der Waals surface area contributed by atoms with Crippen molar-refractivity contribution in [3.05, 3.63) is 90.0 Å². The predicted octanol–water partition coefficient (Wildman–Crippen LogP) is 3.98. The second-order valence-corrected chi connectivity index (χ2v) is 8.86. The molecule has 1 amide bonds. The van der Waals surface area contributed by atoms with E-state index in [0.29, 0.717) is 23.7 Å². The quantitative estimate of drug-likeness (QED) is 0.594. The summed E-state index contributed by atoms with van der Waals surface area (Å²) < 4.78 is 31.4. The van der Waals surface area contributed by atoms with E-state index in [-0.39, 0.29) is 6.54 Å². The number of aryl methyl sites for hydroxylation is 1. The summed E-state index contributed by atoms with van der Waals surface area (Å²) in [6, 6.07) is 23.7. The molecule has 0 aromatic heterocycles. The Labute approximate surface area is 177 Å². The highest BCUT2D eigenvalue weighted by Gasteiger charge is 2.21. The fourth-order valence-electron chi connectivity index (χ4n) is 2.90. The van der Waals surface area contributed by atoms with Crippen molar-refractivity contribution < 1.29 is 17.9 Å². The lowest BCUT2D eigenvalue weighted by molar-refractivity contribution is -0.114. The molecular formula is C23H24N2O4S. The minimum Gasteiger partial charge on any atom is -0.489 e. The molecule has 0 aliphatic carbocycles. The average molecular weight is 425 g/mol. The molecule has 0 spiro atoms. The van der Waals surface area contributed by atoms with Gasteiger partial charge in [0, 0.05) is 5.69 Å². The summed E-state index contributed by atoms with van der Waals surface area (Å²) in [4.78, 5) is 12.4. The number of anilines is 2. The Morgan fingerprint density at radius 1 is 0.967 bits per heavy atom. The predicted molar refractivity (Wildman–Crippen MR) is 119 cm³/mol. The molecule has 0 heterocycles. The normalized spacial score (nSPS) is 11.0. The Kier molecular flexibility index (Phi) is 6.74. The zero-order valence-electron chi connectivity index (χ0n) is 16.9. The molecule has 0 saturated carbocycles. The first kappa shape index (κ1) is 21.4. The molecule has 0 unspecified atom stereocenters. The summed E-state index contributed by atoms with van der Waals surface area (Å²) in [5, 5.41) is 2.74. The van der Waals surface area contributed by atoms with Crippen LogP contribution < -0.4 is 14.4 Å². The van der Waals surface area contributed by atoms with Gasteiger partial charge in [0.05, 0.1) is 11.9 Å². The van der Waals surface area contributed by atoms with E-state index in [1.54, 1.807) is 30.3 Å². The topological polar surface area (TPSA) is 75.7 Å². The summed E-state index contributed by atoms with van der Waals surface area (Å²) in [6.07, 6.45) is 1.08. The Morgan fingerprint density at radius 3 is 2.30 bits per heavy atom. The molecule has 0 saturated heterocycles. The van der Waals surface area contributed by atoms with Gasteiger partial charge >= 0.3 is 0 Å². The minimum absolute atomic E-state index is 0.322. The molecule has 0 radical (unpaired) electrons. The van der Waals surface area contributed by atoms with Crippen LogP contribution in [0.25, 0.3) is 0 Å². The molecule has 30 heavy (non-hydrogen) atoms. The van der Waals surface area contributed by atoms with Crippen molar-refractivity contribution in [1.82, 2.24) is 0 Å². The van der Waals surface area contributed by atoms with Crippen LogP contribution in [0.1, 0.15) is 11.1 Å². The monoisotopic (exact) mass is 424 g/mol. The van der Waals surface area contributed by atoms with E-state index in [4.69, 9.17) is 4.74 Å². The molecule has 156 valence electrons. The molecule has 0 aliphatic rings. The van der Waals surface area contributed by atoms with Crippen molar-refractivity contribution in [3.63, 3.8) is 0 Å². The Morgan fingerprint density at radius 2 is 1.67 bits per heavy atom. The van der Waals surface area contributed by atoms with Gasteiger partial charge in [-0.15, -0.1) is 0 Å². The number of ether oxygens (including phenoxy) is 1. The summed E-state index contributed by atoms with van der Waals surface area (Å²) in [5.41, 5.74) is 3.05. The molecule has 6 nitrogen and oxygen atoms in total. The summed E-state index contributed by atoms with van der Waals surface area (Å²) in [6.45, 7) is 2.01. The molecule has 7 heteroatoms. The molecule has 0 fully saturated rings. The number of sulfonamides is 1. The number of carbonyl (C=O) groups excluding carboxylic acids is 1. The van der Waals surface area contributed by atoms with Crippen molar-refractivity contribution in [2.45, 2.75) is 13.5 Å². The van der Waals surface area contributed by atoms with E-state index in [1.807, 2.05) is 55.5 Å². The van der Waals surface area contributed by atoms with Gasteiger partial charge in [-0.2, -0.15) is 0 Å². The first-order valence-corrected chi connectivity index (χ1v) is 11.3. The van der Waals surface area contributed by atoms with Crippen LogP contribution in [0.15, 0.2) is 78.9 Å². The molecule has 3 aromatic carbocycles. The first-order valence-electron chi connectivity index (χ1n) is 9.42. The maximum atomic E-state index is 12.4. The van der Waals surface area contributed by atoms with E-state index in [0.717, 1.165) is 21.7 Å². The zero-order chi connectivity index (χ0) is 21.6. The molecule has 3 rings (SSSR count). The van der Waals surface area contributed by atoms with Gasteiger partial charge in [0.25, 0.3) is 0 Å². The Balaban J connectivity index is 1.68. The zero-order valence-corrected chi connectivity index (χ0v) is 17.7. The van der Waals surface area contributed by atoms with E-state index in [1.165, 1.54) is 0 Å². The largest absolute Gasteiger partial charge is 0.489 e. The number of hydrogen-bond donors (Lipinski definition) is 1. The van der Waals surface area contributed by atoms with Crippen LogP contribution in [0.5, 0.6) is 5.75 Å². The smallest absolute Gasteiger partial charge is 0.245 e. The van der Waals surface area contributed by atoms with Gasteiger partial charge in [-0.1, -0.05) is 42.5 Å². The lowest BCUT2D eigenvalue weighted by atomic mass is 10.2. The van der Waals surface area contributed by atoms with Crippen LogP contribution in [0, 0.1) is 6.92 Å². The number of carbonyl (C=O) groups is 1. The van der Waals surface area contributed by atoms with Crippen LogP contribution in [0.4, 0.5) is 11.4 Å². The van der Waals surface area contributed by atoms with Gasteiger partial charge in [-0.3, -0.25) is 9.10 Å². The van der Waals surface area contributed by atoms with E-state index < -0.39 is 15.9 Å². The number of hydrogen-bond acceptors (Lipinski definition) is 4. The third-order valence-electron chi connectivity index (χ3n) is 4.36. The maximum Gasteiger partial charge on any atom is 0.245 e. The Hall–Kier alpha value is -3.32. The van der Waals surface area contributed by atoms with Gasteiger partial charge in [-0.05, 0) is 54.4 Å². The van der Waals surface area contributed by atoms with Crippen molar-refractivity contribution in [1.29, 1.82) is 0 Å². The van der Waals surface area contributed by atoms with Crippen molar-refractivity contribution >= 4 is 27.3 Å². The van der Waals surface area contributed by atoms with Gasteiger partial charge in [0.15, 0.2) is 0 Å². The molecule has 0 atom stereocenters. The van der Waals surface area contributed by atoms with E-state index in [9.17, 15) is 13.2 Å². The minimum atomic E-state index is -3.65. The van der Waals surface area contributed by atoms with E-state index in [2.05, 4.69) is 5.32 Å². The van der Waals surface area contributed by atoms with Crippen LogP contribution in [0.3, 0.4) is 0 Å². The Bertz CT molecular complexity index is 1100. The SMILES string of the molecule is Cc1cccc(NC(=O)CN(c2ccc(OCc3ccccc3)cc2)S(C)(=O)=O)c1. The summed E-state index contributed by atoms with van der Waals surface area (Å²) in [7, 11) is -3.65. The summed E-state index contributed by atoms with van der Waals surface area (Å²) >= 11 is 0. The van der Waals surface area contributed by atoms with Gasteiger partial charge in [-0.25, -0.2) is 8.42 Å². The van der Waals surface area contributed by atoms with Crippen molar-refractivity contribution in [3.8, 4) is 5.75 Å². The van der Waals surface area contributed by atoms with Crippen molar-refractivity contribution in [2.24, 2.45) is 0 Å². The van der Waals surface area contributed by atoms with Gasteiger partial charge < -0.3 is 10.1 Å².